The monoisotopic (exact) mass is 514 g/mol. The van der Waals surface area contributed by atoms with Crippen molar-refractivity contribution >= 4 is 29.9 Å². The molecule has 0 amide bonds. The van der Waals surface area contributed by atoms with Crippen LogP contribution in [0.1, 0.15) is 11.3 Å². The lowest BCUT2D eigenvalue weighted by molar-refractivity contribution is 0.0389. The van der Waals surface area contributed by atoms with Crippen LogP contribution in [0.5, 0.6) is 5.75 Å². The Labute approximate surface area is 189 Å². The lowest BCUT2D eigenvalue weighted by Crippen LogP contribution is -2.44. The molecule has 1 aromatic carbocycles. The molecule has 1 saturated heterocycles. The number of nitrogens with zero attached hydrogens (tertiary/aromatic N) is 2. The van der Waals surface area contributed by atoms with E-state index in [-0.39, 0.29) is 24.0 Å². The molecular weight excluding hydrogens is 483 g/mol. The van der Waals surface area contributed by atoms with Gasteiger partial charge in [-0.2, -0.15) is 0 Å². The van der Waals surface area contributed by atoms with Crippen LogP contribution in [0.15, 0.2) is 52.1 Å². The molecule has 0 atom stereocenters. The number of guanidine groups is 1. The smallest absolute Gasteiger partial charge is 0.191 e. The molecule has 1 aliphatic heterocycles. The van der Waals surface area contributed by atoms with Gasteiger partial charge in [-0.15, -0.1) is 24.0 Å². The molecule has 1 fully saturated rings. The van der Waals surface area contributed by atoms with Crippen LogP contribution in [-0.2, 0) is 17.7 Å². The minimum absolute atomic E-state index is 0. The number of hydrogen-bond donors (Lipinski definition) is 2. The van der Waals surface area contributed by atoms with Gasteiger partial charge >= 0.3 is 0 Å². The molecule has 0 saturated carbocycles. The molecule has 1 aromatic heterocycles. The fourth-order valence-corrected chi connectivity index (χ4v) is 3.09. The van der Waals surface area contributed by atoms with Crippen LogP contribution in [0.2, 0.25) is 0 Å². The van der Waals surface area contributed by atoms with E-state index in [2.05, 4.69) is 15.5 Å². The maximum atomic E-state index is 5.43. The Morgan fingerprint density at radius 1 is 1.10 bits per heavy atom. The third kappa shape index (κ3) is 8.23. The fraction of sp³-hybridized carbons (Fsp3) is 0.476. The van der Waals surface area contributed by atoms with Crippen LogP contribution >= 0.6 is 24.0 Å². The Morgan fingerprint density at radius 3 is 2.66 bits per heavy atom. The molecule has 29 heavy (non-hydrogen) atoms. The Hall–Kier alpha value is -1.78. The van der Waals surface area contributed by atoms with Gasteiger partial charge in [-0.05, 0) is 18.2 Å². The molecule has 0 bridgehead atoms. The minimum Gasteiger partial charge on any atom is -0.496 e. The number of para-hydroxylation sites is 1. The number of ether oxygens (including phenoxy) is 2. The van der Waals surface area contributed by atoms with Crippen molar-refractivity contribution < 1.29 is 13.9 Å². The van der Waals surface area contributed by atoms with E-state index in [9.17, 15) is 0 Å². The largest absolute Gasteiger partial charge is 0.496 e. The molecule has 0 unspecified atom stereocenters. The van der Waals surface area contributed by atoms with E-state index in [0.717, 1.165) is 75.4 Å². The summed E-state index contributed by atoms with van der Waals surface area (Å²) in [4.78, 5) is 7.14. The highest BCUT2D eigenvalue weighted by Crippen LogP contribution is 2.17. The summed E-state index contributed by atoms with van der Waals surface area (Å²) < 4.78 is 16.2. The second kappa shape index (κ2) is 13.4. The molecule has 7 nitrogen and oxygen atoms in total. The second-order valence-electron chi connectivity index (χ2n) is 6.61. The molecule has 2 N–H and O–H groups in total. The highest BCUT2D eigenvalue weighted by Gasteiger charge is 2.10. The number of benzene rings is 1. The van der Waals surface area contributed by atoms with Crippen LogP contribution in [-0.4, -0.2) is 63.9 Å². The van der Waals surface area contributed by atoms with Crippen LogP contribution in [0.3, 0.4) is 0 Å². The summed E-state index contributed by atoms with van der Waals surface area (Å²) in [6.07, 6.45) is 2.51. The van der Waals surface area contributed by atoms with Gasteiger partial charge in [0.2, 0.25) is 0 Å². The van der Waals surface area contributed by atoms with Gasteiger partial charge in [-0.3, -0.25) is 4.90 Å². The van der Waals surface area contributed by atoms with Crippen molar-refractivity contribution in [2.45, 2.75) is 13.0 Å². The summed E-state index contributed by atoms with van der Waals surface area (Å²) in [5.41, 5.74) is 1.06. The topological polar surface area (TPSA) is 71.3 Å². The van der Waals surface area contributed by atoms with Gasteiger partial charge in [0.1, 0.15) is 11.5 Å². The van der Waals surface area contributed by atoms with Gasteiger partial charge in [0.05, 0.1) is 33.1 Å². The molecule has 8 heteroatoms. The third-order valence-corrected chi connectivity index (χ3v) is 4.67. The van der Waals surface area contributed by atoms with Crippen molar-refractivity contribution in [2.75, 3.05) is 53.0 Å². The van der Waals surface area contributed by atoms with Gasteiger partial charge in [-0.25, -0.2) is 4.99 Å². The van der Waals surface area contributed by atoms with Crippen molar-refractivity contribution in [1.29, 1.82) is 0 Å². The number of methoxy groups -OCH3 is 1. The summed E-state index contributed by atoms with van der Waals surface area (Å²) in [6.45, 7) is 6.71. The maximum absolute atomic E-state index is 5.43. The number of morpholine rings is 1. The fourth-order valence-electron chi connectivity index (χ4n) is 3.09. The Bertz CT molecular complexity index is 718. The quantitative estimate of drug-likeness (QED) is 0.305. The zero-order valence-corrected chi connectivity index (χ0v) is 19.3. The molecule has 0 aliphatic carbocycles. The van der Waals surface area contributed by atoms with Gasteiger partial charge < -0.3 is 24.5 Å². The highest BCUT2D eigenvalue weighted by atomic mass is 127. The van der Waals surface area contributed by atoms with Crippen molar-refractivity contribution in [3.05, 3.63) is 54.0 Å². The lowest BCUT2D eigenvalue weighted by Gasteiger charge is -2.26. The van der Waals surface area contributed by atoms with Gasteiger partial charge in [0, 0.05) is 44.7 Å². The molecule has 1 aliphatic rings. The van der Waals surface area contributed by atoms with Crippen LogP contribution in [0, 0.1) is 0 Å². The van der Waals surface area contributed by atoms with Crippen molar-refractivity contribution in [1.82, 2.24) is 15.5 Å². The molecule has 2 aromatic rings. The highest BCUT2D eigenvalue weighted by molar-refractivity contribution is 14.0. The van der Waals surface area contributed by atoms with E-state index in [4.69, 9.17) is 18.9 Å². The number of nitrogens with one attached hydrogen (secondary N) is 2. The molecular formula is C21H31IN4O3. The average molecular weight is 514 g/mol. The van der Waals surface area contributed by atoms with Crippen LogP contribution in [0.25, 0.3) is 0 Å². The number of rotatable bonds is 9. The molecule has 2 heterocycles. The number of furan rings is 1. The van der Waals surface area contributed by atoms with Gasteiger partial charge in [0.25, 0.3) is 0 Å². The second-order valence-corrected chi connectivity index (χ2v) is 6.61. The van der Waals surface area contributed by atoms with Crippen molar-refractivity contribution in [3.8, 4) is 5.75 Å². The normalized spacial score (nSPS) is 14.9. The molecule has 160 valence electrons. The van der Waals surface area contributed by atoms with Gasteiger partial charge in [0.15, 0.2) is 5.96 Å². The molecule has 0 radical (unpaired) electrons. The number of aliphatic imine (C=N–C) groups is 1. The van der Waals surface area contributed by atoms with Crippen LogP contribution < -0.4 is 15.4 Å². The molecule has 0 spiro atoms. The summed E-state index contributed by atoms with van der Waals surface area (Å²) >= 11 is 0. The summed E-state index contributed by atoms with van der Waals surface area (Å²) in [7, 11) is 1.69. The summed E-state index contributed by atoms with van der Waals surface area (Å²) in [5, 5.41) is 6.84. The lowest BCUT2D eigenvalue weighted by atomic mass is 10.2. The zero-order valence-electron chi connectivity index (χ0n) is 16.9. The third-order valence-electron chi connectivity index (χ3n) is 4.67. The standard InChI is InChI=1S/C21H30N4O3.HI/c1-26-20-7-3-2-5-18(20)17-24-21(22-9-8-19-6-4-14-28-19)23-10-11-25-12-15-27-16-13-25;/h2-7,14H,8-13,15-17H2,1H3,(H2,22,23,24);1H. The zero-order chi connectivity index (χ0) is 19.4. The van der Waals surface area contributed by atoms with E-state index >= 15 is 0 Å². The Kier molecular flexibility index (Phi) is 10.9. The Balaban J connectivity index is 0.00000300. The predicted octanol–water partition coefficient (Wildman–Crippen LogP) is 2.52. The minimum atomic E-state index is 0. The molecule has 3 rings (SSSR count). The van der Waals surface area contributed by atoms with E-state index in [0.29, 0.717) is 6.54 Å². The maximum Gasteiger partial charge on any atom is 0.191 e. The van der Waals surface area contributed by atoms with E-state index in [1.54, 1.807) is 13.4 Å². The number of hydrogen-bond acceptors (Lipinski definition) is 5. The summed E-state index contributed by atoms with van der Waals surface area (Å²) in [6, 6.07) is 11.9. The van der Waals surface area contributed by atoms with E-state index < -0.39 is 0 Å². The SMILES string of the molecule is COc1ccccc1CN=C(NCCc1ccco1)NCCN1CCOCC1.I. The van der Waals surface area contributed by atoms with Gasteiger partial charge in [-0.1, -0.05) is 18.2 Å². The summed E-state index contributed by atoms with van der Waals surface area (Å²) in [5.74, 6) is 2.62. The first-order valence-electron chi connectivity index (χ1n) is 9.81. The van der Waals surface area contributed by atoms with E-state index in [1.165, 1.54) is 0 Å². The first kappa shape index (κ1) is 23.5. The van der Waals surface area contributed by atoms with E-state index in [1.807, 2.05) is 36.4 Å². The van der Waals surface area contributed by atoms with Crippen LogP contribution in [0.4, 0.5) is 0 Å². The van der Waals surface area contributed by atoms with Crippen molar-refractivity contribution in [2.24, 2.45) is 4.99 Å². The average Bonchev–Trinajstić information content (AvgIpc) is 3.26. The first-order chi connectivity index (χ1) is 13.8. The van der Waals surface area contributed by atoms with Crippen molar-refractivity contribution in [3.63, 3.8) is 0 Å². The number of halogens is 1. The Morgan fingerprint density at radius 2 is 1.90 bits per heavy atom. The first-order valence-corrected chi connectivity index (χ1v) is 9.81. The predicted molar refractivity (Wildman–Crippen MR) is 125 cm³/mol.